The Hall–Kier alpha value is -1.51. The van der Waals surface area contributed by atoms with Crippen LogP contribution in [-0.4, -0.2) is 11.9 Å². The molecule has 1 atom stereocenters. The van der Waals surface area contributed by atoms with Gasteiger partial charge in [0.25, 0.3) is 0 Å². The van der Waals surface area contributed by atoms with Crippen LogP contribution in [0.5, 0.6) is 0 Å². The Balaban J connectivity index is 0. The first-order valence-electron chi connectivity index (χ1n) is 14.3. The molecule has 2 saturated carbocycles. The molecule has 0 heterocycles. The number of allylic oxidation sites excluding steroid dienone is 3. The van der Waals surface area contributed by atoms with Crippen molar-refractivity contribution in [2.45, 2.75) is 125 Å². The summed E-state index contributed by atoms with van der Waals surface area (Å²) < 4.78 is 5.70. The molecule has 2 aliphatic rings. The predicted octanol–water partition coefficient (Wildman–Crippen LogP) is 10.4. The van der Waals surface area contributed by atoms with Gasteiger partial charge in [-0.3, -0.25) is 0 Å². The summed E-state index contributed by atoms with van der Waals surface area (Å²) in [5.74, 6) is 17.1. The van der Waals surface area contributed by atoms with Crippen LogP contribution < -0.4 is 0 Å². The van der Waals surface area contributed by atoms with Gasteiger partial charge in [-0.25, -0.2) is 0 Å². The molecule has 0 spiro atoms. The maximum atomic E-state index is 5.70. The van der Waals surface area contributed by atoms with Crippen LogP contribution in [0, 0.1) is 47.4 Å². The van der Waals surface area contributed by atoms with E-state index in [9.17, 15) is 0 Å². The van der Waals surface area contributed by atoms with E-state index in [1.165, 1.54) is 50.5 Å². The molecule has 2 heteroatoms. The molecule has 0 aromatic rings. The third kappa shape index (κ3) is 20.7. The predicted molar refractivity (Wildman–Crippen MR) is 167 cm³/mol. The highest BCUT2D eigenvalue weighted by molar-refractivity contribution is 7.80. The van der Waals surface area contributed by atoms with Crippen LogP contribution in [-0.2, 0) is 4.74 Å². The van der Waals surface area contributed by atoms with Crippen LogP contribution in [0.4, 0.5) is 0 Å². The fraction of sp³-hybridized carbons (Fsp3) is 0.706. The summed E-state index contributed by atoms with van der Waals surface area (Å²) in [6, 6.07) is 0. The fourth-order valence-electron chi connectivity index (χ4n) is 3.99. The second-order valence-corrected chi connectivity index (χ2v) is 10.5. The zero-order valence-corrected chi connectivity index (χ0v) is 25.8. The summed E-state index contributed by atoms with van der Waals surface area (Å²) in [6.45, 7) is 25.4. The molecule has 2 aliphatic carbocycles. The molecular weight excluding hydrogens is 456 g/mol. The highest BCUT2D eigenvalue weighted by atomic mass is 32.1. The minimum atomic E-state index is 0.391. The molecular formula is C34H58OS. The van der Waals surface area contributed by atoms with E-state index in [4.69, 9.17) is 4.74 Å². The van der Waals surface area contributed by atoms with E-state index in [1.54, 1.807) is 0 Å². The van der Waals surface area contributed by atoms with Gasteiger partial charge in [0.1, 0.15) is 5.76 Å². The molecule has 0 saturated heterocycles. The van der Waals surface area contributed by atoms with Gasteiger partial charge in [-0.1, -0.05) is 103 Å². The molecule has 0 radical (unpaired) electrons. The summed E-state index contributed by atoms with van der Waals surface area (Å²) in [7, 11) is 0. The maximum Gasteiger partial charge on any atom is 0.101 e. The largest absolute Gasteiger partial charge is 0.494 e. The molecule has 2 fully saturated rings. The molecule has 1 unspecified atom stereocenters. The second-order valence-electron chi connectivity index (χ2n) is 10.2. The number of hydrogen-bond acceptors (Lipinski definition) is 2. The van der Waals surface area contributed by atoms with Crippen LogP contribution in [0.2, 0.25) is 0 Å². The van der Waals surface area contributed by atoms with Crippen LogP contribution >= 0.6 is 12.6 Å². The van der Waals surface area contributed by atoms with Crippen molar-refractivity contribution in [2.24, 2.45) is 23.7 Å². The van der Waals surface area contributed by atoms with Crippen molar-refractivity contribution in [2.75, 3.05) is 5.75 Å². The number of ether oxygens (including phenoxy) is 1. The lowest BCUT2D eigenvalue weighted by atomic mass is 9.80. The van der Waals surface area contributed by atoms with Crippen molar-refractivity contribution in [3.05, 3.63) is 37.1 Å². The minimum absolute atomic E-state index is 0.391. The van der Waals surface area contributed by atoms with Gasteiger partial charge in [0, 0.05) is 12.3 Å². The highest BCUT2D eigenvalue weighted by Gasteiger charge is 2.29. The fourth-order valence-corrected chi connectivity index (χ4v) is 4.09. The van der Waals surface area contributed by atoms with Crippen LogP contribution in [0.15, 0.2) is 37.1 Å². The normalized spacial score (nSPS) is 22.9. The quantitative estimate of drug-likeness (QED) is 0.154. The standard InChI is InChI=1S/C14H22O.C10H16S.C8H16.C2H4/c1-4-6-7-8-9-12(3)15-14-10-13(5-2)11-14;1-4-6-9(2)10(3)7-5-8-11;1-7-3-5-8(2)6-4-7;1-2/h13-14H,3-6,9-11H2,1-2H3;6,10-11H,4,8H2,1-3H3;7-8H,3-6H2,1-2H3;1-2H2. The third-order valence-corrected chi connectivity index (χ3v) is 6.96. The Morgan fingerprint density at radius 3 is 2.00 bits per heavy atom. The third-order valence-electron chi connectivity index (χ3n) is 6.80. The molecule has 0 aliphatic heterocycles. The first-order chi connectivity index (χ1) is 17.3. The van der Waals surface area contributed by atoms with Crippen molar-refractivity contribution in [1.82, 2.24) is 0 Å². The number of thiol groups is 1. The van der Waals surface area contributed by atoms with Crippen LogP contribution in [0.3, 0.4) is 0 Å². The highest BCUT2D eigenvalue weighted by Crippen LogP contribution is 2.33. The molecule has 2 rings (SSSR count). The van der Waals surface area contributed by atoms with E-state index in [0.29, 0.717) is 24.2 Å². The Bertz CT molecular complexity index is 674. The Morgan fingerprint density at radius 2 is 1.56 bits per heavy atom. The summed E-state index contributed by atoms with van der Waals surface area (Å²) in [6.07, 6.45) is 16.1. The van der Waals surface area contributed by atoms with Gasteiger partial charge in [0.05, 0.1) is 18.3 Å². The number of rotatable bonds is 7. The van der Waals surface area contributed by atoms with Crippen molar-refractivity contribution in [3.8, 4) is 23.7 Å². The summed E-state index contributed by atoms with van der Waals surface area (Å²) >= 11 is 4.02. The minimum Gasteiger partial charge on any atom is -0.494 e. The molecule has 1 nitrogen and oxygen atoms in total. The lowest BCUT2D eigenvalue weighted by molar-refractivity contribution is 0.00880. The molecule has 0 aromatic heterocycles. The van der Waals surface area contributed by atoms with Crippen molar-refractivity contribution in [3.63, 3.8) is 0 Å². The molecule has 0 N–H and O–H groups in total. The van der Waals surface area contributed by atoms with Crippen molar-refractivity contribution in [1.29, 1.82) is 0 Å². The molecule has 0 aromatic carbocycles. The summed E-state index contributed by atoms with van der Waals surface area (Å²) in [4.78, 5) is 0. The van der Waals surface area contributed by atoms with Gasteiger partial charge < -0.3 is 4.74 Å². The first-order valence-corrected chi connectivity index (χ1v) is 15.0. The lowest BCUT2D eigenvalue weighted by Gasteiger charge is -2.35. The first kappa shape index (κ1) is 36.6. The van der Waals surface area contributed by atoms with E-state index < -0.39 is 0 Å². The number of hydrogen-bond donors (Lipinski definition) is 1. The van der Waals surface area contributed by atoms with Crippen molar-refractivity contribution < 1.29 is 4.74 Å². The topological polar surface area (TPSA) is 9.23 Å². The monoisotopic (exact) mass is 514 g/mol. The van der Waals surface area contributed by atoms with E-state index in [1.807, 2.05) is 0 Å². The SMILES string of the molecule is C=C.C=C(CC#CCCC)OC1CC(CC)C1.CC1CCC(C)CC1.CCC=C(C)C(C)C#CCS. The van der Waals surface area contributed by atoms with Crippen LogP contribution in [0.25, 0.3) is 0 Å². The molecule has 206 valence electrons. The van der Waals surface area contributed by atoms with Gasteiger partial charge in [0.15, 0.2) is 0 Å². The zero-order valence-electron chi connectivity index (χ0n) is 24.9. The average Bonchev–Trinajstić information content (AvgIpc) is 2.86. The van der Waals surface area contributed by atoms with E-state index in [-0.39, 0.29) is 0 Å². The van der Waals surface area contributed by atoms with Gasteiger partial charge in [-0.15, -0.1) is 19.1 Å². The maximum absolute atomic E-state index is 5.70. The Morgan fingerprint density at radius 1 is 1.00 bits per heavy atom. The zero-order chi connectivity index (χ0) is 27.8. The Labute approximate surface area is 232 Å². The van der Waals surface area contributed by atoms with Crippen molar-refractivity contribution >= 4 is 12.6 Å². The second kappa shape index (κ2) is 25.2. The van der Waals surface area contributed by atoms with E-state index in [2.05, 4.69) is 111 Å². The van der Waals surface area contributed by atoms with Gasteiger partial charge >= 0.3 is 0 Å². The summed E-state index contributed by atoms with van der Waals surface area (Å²) in [5.41, 5.74) is 1.36. The Kier molecular flexibility index (Phi) is 25.6. The smallest absolute Gasteiger partial charge is 0.101 e. The number of unbranched alkanes of at least 4 members (excludes halogenated alkanes) is 1. The van der Waals surface area contributed by atoms with Gasteiger partial charge in [-0.05, 0) is 57.3 Å². The summed E-state index contributed by atoms with van der Waals surface area (Å²) in [5, 5.41) is 0. The van der Waals surface area contributed by atoms with Gasteiger partial charge in [0.2, 0.25) is 0 Å². The molecule has 36 heavy (non-hydrogen) atoms. The van der Waals surface area contributed by atoms with Crippen LogP contribution in [0.1, 0.15) is 119 Å². The molecule has 0 bridgehead atoms. The van der Waals surface area contributed by atoms with E-state index >= 15 is 0 Å². The molecule has 0 amide bonds. The lowest BCUT2D eigenvalue weighted by Crippen LogP contribution is -2.30. The van der Waals surface area contributed by atoms with E-state index in [0.717, 1.165) is 42.8 Å². The average molecular weight is 515 g/mol. The van der Waals surface area contributed by atoms with Gasteiger partial charge in [-0.2, -0.15) is 12.6 Å².